The number of anilines is 1. The number of alkyl halides is 1. The summed E-state index contributed by atoms with van der Waals surface area (Å²) in [6, 6.07) is -3.12. The van der Waals surface area contributed by atoms with Crippen molar-refractivity contribution in [1.29, 1.82) is 0 Å². The van der Waals surface area contributed by atoms with Crippen molar-refractivity contribution in [3.05, 3.63) is 11.1 Å². The van der Waals surface area contributed by atoms with Gasteiger partial charge in [0.15, 0.2) is 11.2 Å². The molecular formula is C17H20ClN7O6S. The molecule has 0 aromatic carbocycles. The second-order valence-electron chi connectivity index (χ2n) is 6.79. The maximum absolute atomic E-state index is 12.8. The number of halogens is 1. The Labute approximate surface area is 190 Å². The van der Waals surface area contributed by atoms with E-state index in [1.165, 1.54) is 10.3 Å². The van der Waals surface area contributed by atoms with Gasteiger partial charge >= 0.3 is 17.8 Å². The van der Waals surface area contributed by atoms with Gasteiger partial charge in [0.25, 0.3) is 0 Å². The van der Waals surface area contributed by atoms with Crippen molar-refractivity contribution in [3.8, 4) is 0 Å². The second kappa shape index (κ2) is 9.91. The number of likely N-dealkylation sites (N-methyl/N-ethyl adjacent to an activating group) is 1. The van der Waals surface area contributed by atoms with Crippen molar-refractivity contribution in [3.63, 3.8) is 0 Å². The number of hydrogen-bond donors (Lipinski definition) is 4. The fraction of sp³-hybridized carbons (Fsp3) is 0.471. The Kier molecular flexibility index (Phi) is 7.25. The zero-order chi connectivity index (χ0) is 23.4. The average molecular weight is 486 g/mol. The van der Waals surface area contributed by atoms with Gasteiger partial charge in [-0.15, -0.1) is 22.9 Å². The lowest BCUT2D eigenvalue weighted by atomic mass is 10.1. The number of thiazole rings is 1. The van der Waals surface area contributed by atoms with Crippen molar-refractivity contribution >= 4 is 63.6 Å². The Morgan fingerprint density at radius 3 is 2.62 bits per heavy atom. The first-order valence-electron chi connectivity index (χ1n) is 9.55. The zero-order valence-electron chi connectivity index (χ0n) is 16.8. The van der Waals surface area contributed by atoms with E-state index in [4.69, 9.17) is 11.6 Å². The molecule has 7 amide bonds. The maximum atomic E-state index is 12.8. The summed E-state index contributed by atoms with van der Waals surface area (Å²) in [7, 11) is 0. The summed E-state index contributed by atoms with van der Waals surface area (Å²) < 4.78 is 0. The van der Waals surface area contributed by atoms with Gasteiger partial charge < -0.3 is 26.2 Å². The number of piperazine rings is 1. The fourth-order valence-corrected chi connectivity index (χ4v) is 3.75. The summed E-state index contributed by atoms with van der Waals surface area (Å²) in [6.45, 7) is 2.38. The van der Waals surface area contributed by atoms with Crippen LogP contribution < -0.4 is 21.3 Å². The highest BCUT2D eigenvalue weighted by molar-refractivity contribution is 7.14. The van der Waals surface area contributed by atoms with E-state index in [0.717, 1.165) is 11.3 Å². The number of hydrogen-bond acceptors (Lipinski definition) is 8. The van der Waals surface area contributed by atoms with Crippen LogP contribution in [0.4, 0.5) is 9.93 Å². The Balaban J connectivity index is 1.78. The molecule has 15 heteroatoms. The molecule has 2 unspecified atom stereocenters. The van der Waals surface area contributed by atoms with Crippen LogP contribution >= 0.6 is 22.9 Å². The van der Waals surface area contributed by atoms with Crippen molar-refractivity contribution in [2.45, 2.75) is 19.0 Å². The van der Waals surface area contributed by atoms with Gasteiger partial charge in [-0.2, -0.15) is 0 Å². The molecular weight excluding hydrogens is 466 g/mol. The lowest BCUT2D eigenvalue weighted by Gasteiger charge is -2.33. The standard InChI is InChI=1S/C17H20ClN7O6S/c1-2-24-3-4-25(15(30)14(24)29)17(31)23-11(13(28)20-8-6-19-12(8)27)9-7-32-16(21-9)22-10(26)5-18/h7-8,11H,2-6H2,1H3,(H,19,27)(H,20,28)(H,23,31)(H,21,22,26). The summed E-state index contributed by atoms with van der Waals surface area (Å²) in [6.07, 6.45) is 0. The molecule has 1 aromatic heterocycles. The Bertz CT molecular complexity index is 969. The largest absolute Gasteiger partial charge is 0.352 e. The monoisotopic (exact) mass is 485 g/mol. The van der Waals surface area contributed by atoms with Gasteiger partial charge in [0, 0.05) is 31.6 Å². The minimum atomic E-state index is -1.39. The van der Waals surface area contributed by atoms with Crippen molar-refractivity contribution in [2.75, 3.05) is 37.4 Å². The third-order valence-electron chi connectivity index (χ3n) is 4.76. The normalized spacial score (nSPS) is 19.1. The summed E-state index contributed by atoms with van der Waals surface area (Å²) in [5, 5.41) is 11.4. The zero-order valence-corrected chi connectivity index (χ0v) is 18.4. The van der Waals surface area contributed by atoms with Crippen molar-refractivity contribution < 1.29 is 28.8 Å². The van der Waals surface area contributed by atoms with E-state index in [9.17, 15) is 28.8 Å². The average Bonchev–Trinajstić information content (AvgIpc) is 3.23. The van der Waals surface area contributed by atoms with E-state index in [1.54, 1.807) is 6.92 Å². The highest BCUT2D eigenvalue weighted by Crippen LogP contribution is 2.22. The van der Waals surface area contributed by atoms with E-state index in [1.807, 2.05) is 0 Å². The molecule has 13 nitrogen and oxygen atoms in total. The lowest BCUT2D eigenvalue weighted by molar-refractivity contribution is -0.153. The highest BCUT2D eigenvalue weighted by Gasteiger charge is 2.38. The minimum absolute atomic E-state index is 0.0439. The van der Waals surface area contributed by atoms with Crippen LogP contribution in [-0.2, 0) is 24.0 Å². The number of β-lactam (4-membered cyclic amide) rings is 1. The van der Waals surface area contributed by atoms with Gasteiger partial charge in [-0.3, -0.25) is 28.9 Å². The van der Waals surface area contributed by atoms with Crippen LogP contribution in [0.15, 0.2) is 5.38 Å². The minimum Gasteiger partial charge on any atom is -0.352 e. The summed E-state index contributed by atoms with van der Waals surface area (Å²) >= 11 is 6.44. The maximum Gasteiger partial charge on any atom is 0.325 e. The van der Waals surface area contributed by atoms with Gasteiger partial charge in [-0.1, -0.05) is 0 Å². The quantitative estimate of drug-likeness (QED) is 0.204. The number of amides is 7. The molecule has 2 aliphatic rings. The van der Waals surface area contributed by atoms with E-state index in [0.29, 0.717) is 11.4 Å². The number of imide groups is 1. The molecule has 0 aliphatic carbocycles. The summed E-state index contributed by atoms with van der Waals surface area (Å²) in [4.78, 5) is 79.1. The van der Waals surface area contributed by atoms with Crippen LogP contribution in [0.3, 0.4) is 0 Å². The van der Waals surface area contributed by atoms with E-state index in [-0.39, 0.29) is 42.2 Å². The predicted octanol–water partition coefficient (Wildman–Crippen LogP) is -1.62. The van der Waals surface area contributed by atoms with E-state index < -0.39 is 41.7 Å². The molecule has 172 valence electrons. The highest BCUT2D eigenvalue weighted by atomic mass is 35.5. The molecule has 1 aromatic rings. The molecule has 2 saturated heterocycles. The third kappa shape index (κ3) is 4.96. The first-order chi connectivity index (χ1) is 15.2. The van der Waals surface area contributed by atoms with Gasteiger partial charge in [-0.05, 0) is 6.92 Å². The van der Waals surface area contributed by atoms with Gasteiger partial charge in [0.1, 0.15) is 11.9 Å². The van der Waals surface area contributed by atoms with Gasteiger partial charge in [-0.25, -0.2) is 9.78 Å². The van der Waals surface area contributed by atoms with E-state index in [2.05, 4.69) is 26.3 Å². The number of aromatic nitrogens is 1. The molecule has 0 radical (unpaired) electrons. The van der Waals surface area contributed by atoms with Gasteiger partial charge in [0.05, 0.1) is 5.69 Å². The molecule has 3 heterocycles. The number of carbonyl (C=O) groups is 6. The molecule has 32 heavy (non-hydrogen) atoms. The summed E-state index contributed by atoms with van der Waals surface area (Å²) in [5.74, 6) is -3.77. The third-order valence-corrected chi connectivity index (χ3v) is 5.78. The topological polar surface area (TPSA) is 170 Å². The molecule has 2 atom stereocenters. The molecule has 2 fully saturated rings. The second-order valence-corrected chi connectivity index (χ2v) is 7.92. The van der Waals surface area contributed by atoms with Gasteiger partial charge in [0.2, 0.25) is 17.7 Å². The SMILES string of the molecule is CCN1CCN(C(=O)NC(C(=O)NC2CNC2=O)c2csc(NC(=O)CCl)n2)C(=O)C1=O. The predicted molar refractivity (Wildman–Crippen MR) is 112 cm³/mol. The number of carbonyl (C=O) groups excluding carboxylic acids is 6. The molecule has 0 bridgehead atoms. The lowest BCUT2D eigenvalue weighted by Crippen LogP contribution is -2.63. The Hall–Kier alpha value is -3.26. The number of nitrogens with one attached hydrogen (secondary N) is 4. The number of urea groups is 1. The van der Waals surface area contributed by atoms with Crippen LogP contribution in [0, 0.1) is 0 Å². The molecule has 3 rings (SSSR count). The van der Waals surface area contributed by atoms with Crippen molar-refractivity contribution in [1.82, 2.24) is 30.7 Å². The summed E-state index contributed by atoms with van der Waals surface area (Å²) in [5.41, 5.74) is 0.0661. The number of rotatable bonds is 7. The first-order valence-corrected chi connectivity index (χ1v) is 11.0. The van der Waals surface area contributed by atoms with Crippen LogP contribution in [0.5, 0.6) is 0 Å². The number of nitrogens with zero attached hydrogens (tertiary/aromatic N) is 3. The van der Waals surface area contributed by atoms with E-state index >= 15 is 0 Å². The Morgan fingerprint density at radius 1 is 1.28 bits per heavy atom. The van der Waals surface area contributed by atoms with Crippen LogP contribution in [0.2, 0.25) is 0 Å². The van der Waals surface area contributed by atoms with Crippen molar-refractivity contribution in [2.24, 2.45) is 0 Å². The molecule has 0 spiro atoms. The smallest absolute Gasteiger partial charge is 0.325 e. The van der Waals surface area contributed by atoms with Crippen LogP contribution in [-0.4, -0.2) is 88.5 Å². The molecule has 4 N–H and O–H groups in total. The molecule has 2 aliphatic heterocycles. The molecule has 0 saturated carbocycles. The van der Waals surface area contributed by atoms with Crippen LogP contribution in [0.25, 0.3) is 0 Å². The fourth-order valence-electron chi connectivity index (χ4n) is 2.93. The Morgan fingerprint density at radius 2 is 2.03 bits per heavy atom. The van der Waals surface area contributed by atoms with Crippen LogP contribution in [0.1, 0.15) is 18.7 Å². The first kappa shape index (κ1) is 23.4.